The van der Waals surface area contributed by atoms with E-state index in [9.17, 15) is 9.18 Å². The van der Waals surface area contributed by atoms with Gasteiger partial charge >= 0.3 is 0 Å². The smallest absolute Gasteiger partial charge is 0.221 e. The van der Waals surface area contributed by atoms with Gasteiger partial charge in [0.15, 0.2) is 0 Å². The Kier molecular flexibility index (Phi) is 3.89. The second kappa shape index (κ2) is 5.40. The number of thioether (sulfide) groups is 1. The Morgan fingerprint density at radius 2 is 2.29 bits per heavy atom. The Labute approximate surface area is 104 Å². The van der Waals surface area contributed by atoms with Crippen LogP contribution in [0.5, 0.6) is 0 Å². The third kappa shape index (κ3) is 3.36. The molecule has 92 valence electrons. The molecule has 1 aliphatic rings. The maximum absolute atomic E-state index is 12.9. The second-order valence-electron chi connectivity index (χ2n) is 4.12. The van der Waals surface area contributed by atoms with Crippen LogP contribution < -0.4 is 11.1 Å². The minimum atomic E-state index is -0.328. The van der Waals surface area contributed by atoms with Crippen molar-refractivity contribution in [2.75, 3.05) is 12.3 Å². The largest absolute Gasteiger partial charge is 0.398 e. The van der Waals surface area contributed by atoms with Crippen molar-refractivity contribution in [3.63, 3.8) is 0 Å². The Balaban J connectivity index is 2.06. The maximum atomic E-state index is 12.9. The summed E-state index contributed by atoms with van der Waals surface area (Å²) in [6.07, 6.45) is 2.45. The predicted molar refractivity (Wildman–Crippen MR) is 67.3 cm³/mol. The van der Waals surface area contributed by atoms with Gasteiger partial charge in [0, 0.05) is 28.8 Å². The lowest BCUT2D eigenvalue weighted by molar-refractivity contribution is -0.120. The standard InChI is InChI=1S/C12H15FN2OS/c13-8-3-4-11(10(14)6-8)17-9-2-1-5-15-12(16)7-9/h3-4,6,9H,1-2,5,7,14H2,(H,15,16). The van der Waals surface area contributed by atoms with E-state index in [1.807, 2.05) is 0 Å². The van der Waals surface area contributed by atoms with Gasteiger partial charge in [-0.1, -0.05) is 0 Å². The molecule has 2 rings (SSSR count). The molecule has 3 nitrogen and oxygen atoms in total. The van der Waals surface area contributed by atoms with E-state index < -0.39 is 0 Å². The van der Waals surface area contributed by atoms with Crippen molar-refractivity contribution < 1.29 is 9.18 Å². The first-order chi connectivity index (χ1) is 8.15. The van der Waals surface area contributed by atoms with Crippen LogP contribution >= 0.6 is 11.8 Å². The number of rotatable bonds is 2. The number of hydrogen-bond acceptors (Lipinski definition) is 3. The molecule has 5 heteroatoms. The summed E-state index contributed by atoms with van der Waals surface area (Å²) in [6.45, 7) is 0.745. The van der Waals surface area contributed by atoms with Crippen LogP contribution in [0.1, 0.15) is 19.3 Å². The van der Waals surface area contributed by atoms with Gasteiger partial charge in [0.05, 0.1) is 0 Å². The number of hydrogen-bond donors (Lipinski definition) is 2. The topological polar surface area (TPSA) is 55.1 Å². The minimum Gasteiger partial charge on any atom is -0.398 e. The molecule has 1 heterocycles. The van der Waals surface area contributed by atoms with Crippen LogP contribution in [-0.2, 0) is 4.79 Å². The van der Waals surface area contributed by atoms with Crippen molar-refractivity contribution in [3.8, 4) is 0 Å². The number of nitrogens with two attached hydrogens (primary N) is 1. The minimum absolute atomic E-state index is 0.0840. The average molecular weight is 254 g/mol. The highest BCUT2D eigenvalue weighted by molar-refractivity contribution is 8.00. The summed E-state index contributed by atoms with van der Waals surface area (Å²) in [6, 6.07) is 4.40. The molecule has 0 aromatic heterocycles. The maximum Gasteiger partial charge on any atom is 0.221 e. The summed E-state index contributed by atoms with van der Waals surface area (Å²) in [5.74, 6) is -0.244. The molecule has 1 saturated heterocycles. The van der Waals surface area contributed by atoms with Gasteiger partial charge in [-0.3, -0.25) is 4.79 Å². The van der Waals surface area contributed by atoms with Crippen LogP contribution in [0, 0.1) is 5.82 Å². The van der Waals surface area contributed by atoms with Crippen molar-refractivity contribution in [2.24, 2.45) is 0 Å². The number of carbonyl (C=O) groups excluding carboxylic acids is 1. The molecule has 0 aliphatic carbocycles. The van der Waals surface area contributed by atoms with Gasteiger partial charge < -0.3 is 11.1 Å². The van der Waals surface area contributed by atoms with E-state index in [2.05, 4.69) is 5.32 Å². The van der Waals surface area contributed by atoms with Crippen molar-refractivity contribution >= 4 is 23.4 Å². The van der Waals surface area contributed by atoms with Gasteiger partial charge in [-0.25, -0.2) is 4.39 Å². The van der Waals surface area contributed by atoms with Gasteiger partial charge in [0.1, 0.15) is 5.82 Å². The molecule has 1 unspecified atom stereocenters. The highest BCUT2D eigenvalue weighted by Crippen LogP contribution is 2.33. The van der Waals surface area contributed by atoms with E-state index in [0.717, 1.165) is 24.3 Å². The number of carbonyl (C=O) groups is 1. The lowest BCUT2D eigenvalue weighted by Gasteiger charge is -2.13. The van der Waals surface area contributed by atoms with Crippen LogP contribution in [0.2, 0.25) is 0 Å². The fourth-order valence-electron chi connectivity index (χ4n) is 1.85. The number of nitrogen functional groups attached to an aromatic ring is 1. The second-order valence-corrected chi connectivity index (χ2v) is 5.46. The molecule has 1 fully saturated rings. The van der Waals surface area contributed by atoms with Crippen LogP contribution in [0.4, 0.5) is 10.1 Å². The monoisotopic (exact) mass is 254 g/mol. The number of nitrogens with one attached hydrogen (secondary N) is 1. The third-order valence-electron chi connectivity index (χ3n) is 2.70. The summed E-state index contributed by atoms with van der Waals surface area (Å²) in [5.41, 5.74) is 6.20. The molecule has 0 spiro atoms. The van der Waals surface area contributed by atoms with Gasteiger partial charge in [0.2, 0.25) is 5.91 Å². The van der Waals surface area contributed by atoms with Crippen molar-refractivity contribution in [1.29, 1.82) is 0 Å². The molecular weight excluding hydrogens is 239 g/mol. The fourth-order valence-corrected chi connectivity index (χ4v) is 3.07. The van der Waals surface area contributed by atoms with Gasteiger partial charge in [-0.2, -0.15) is 0 Å². The van der Waals surface area contributed by atoms with E-state index in [0.29, 0.717) is 12.1 Å². The first-order valence-corrected chi connectivity index (χ1v) is 6.51. The highest BCUT2D eigenvalue weighted by atomic mass is 32.2. The zero-order valence-electron chi connectivity index (χ0n) is 9.41. The Bertz CT molecular complexity index is 425. The first kappa shape index (κ1) is 12.2. The lowest BCUT2D eigenvalue weighted by Crippen LogP contribution is -2.22. The summed E-state index contributed by atoms with van der Waals surface area (Å²) in [7, 11) is 0. The SMILES string of the molecule is Nc1cc(F)ccc1SC1CCCNC(=O)C1. The number of amides is 1. The zero-order chi connectivity index (χ0) is 12.3. The number of benzene rings is 1. The van der Waals surface area contributed by atoms with Crippen molar-refractivity contribution in [3.05, 3.63) is 24.0 Å². The van der Waals surface area contributed by atoms with E-state index in [1.54, 1.807) is 17.8 Å². The molecule has 1 atom stereocenters. The third-order valence-corrected chi connectivity index (χ3v) is 4.07. The van der Waals surface area contributed by atoms with Crippen LogP contribution in [0.3, 0.4) is 0 Å². The van der Waals surface area contributed by atoms with Crippen molar-refractivity contribution in [2.45, 2.75) is 29.4 Å². The van der Waals surface area contributed by atoms with Gasteiger partial charge in [0.25, 0.3) is 0 Å². The van der Waals surface area contributed by atoms with Gasteiger partial charge in [-0.15, -0.1) is 11.8 Å². The Hall–Kier alpha value is -1.23. The van der Waals surface area contributed by atoms with Gasteiger partial charge in [-0.05, 0) is 31.0 Å². The molecule has 1 aromatic carbocycles. The molecule has 0 bridgehead atoms. The lowest BCUT2D eigenvalue weighted by atomic mass is 10.2. The fraction of sp³-hybridized carbons (Fsp3) is 0.417. The number of anilines is 1. The van der Waals surface area contributed by atoms with E-state index in [-0.39, 0.29) is 17.0 Å². The van der Waals surface area contributed by atoms with Crippen LogP contribution in [0.25, 0.3) is 0 Å². The Morgan fingerprint density at radius 1 is 1.47 bits per heavy atom. The predicted octanol–water partition coefficient (Wildman–Crippen LogP) is 2.17. The quantitative estimate of drug-likeness (QED) is 0.795. The first-order valence-electron chi connectivity index (χ1n) is 5.63. The molecule has 0 saturated carbocycles. The Morgan fingerprint density at radius 3 is 3.06 bits per heavy atom. The van der Waals surface area contributed by atoms with Crippen LogP contribution in [-0.4, -0.2) is 17.7 Å². The number of halogens is 1. The summed E-state index contributed by atoms with van der Waals surface area (Å²) < 4.78 is 12.9. The van der Waals surface area contributed by atoms with E-state index >= 15 is 0 Å². The molecule has 0 radical (unpaired) electrons. The van der Waals surface area contributed by atoms with E-state index in [4.69, 9.17) is 5.73 Å². The zero-order valence-corrected chi connectivity index (χ0v) is 10.2. The van der Waals surface area contributed by atoms with Crippen LogP contribution in [0.15, 0.2) is 23.1 Å². The molecule has 1 aromatic rings. The van der Waals surface area contributed by atoms with E-state index in [1.165, 1.54) is 12.1 Å². The summed E-state index contributed by atoms with van der Waals surface area (Å²) >= 11 is 1.56. The summed E-state index contributed by atoms with van der Waals surface area (Å²) in [5, 5.41) is 3.07. The van der Waals surface area contributed by atoms with Crippen molar-refractivity contribution in [1.82, 2.24) is 5.32 Å². The summed E-state index contributed by atoms with van der Waals surface area (Å²) in [4.78, 5) is 12.3. The average Bonchev–Trinajstić information content (AvgIpc) is 2.47. The normalized spacial score (nSPS) is 20.8. The highest BCUT2D eigenvalue weighted by Gasteiger charge is 2.19. The molecule has 1 amide bonds. The molecule has 3 N–H and O–H groups in total. The molecule has 1 aliphatic heterocycles. The molecular formula is C12H15FN2OS. The molecule has 17 heavy (non-hydrogen) atoms.